The highest BCUT2D eigenvalue weighted by atomic mass is 35.5. The lowest BCUT2D eigenvalue weighted by atomic mass is 10.3. The number of halogens is 1. The van der Waals surface area contributed by atoms with Gasteiger partial charge in [0.15, 0.2) is 5.15 Å². The minimum absolute atomic E-state index is 0.511. The van der Waals surface area contributed by atoms with Crippen LogP contribution in [0.5, 0.6) is 0 Å². The number of rotatable bonds is 0. The standard InChI is InChI=1S/C12H10ClN3.C2H6/c1-7-11-12(13)15-9-5-3-4-6-10(9)16(11)8(2)14-7;1-2/h3-6H,1-2H3;1-2H3. The molecule has 0 unspecified atom stereocenters. The lowest BCUT2D eigenvalue weighted by Crippen LogP contribution is -1.94. The van der Waals surface area contributed by atoms with Crippen LogP contribution in [0.15, 0.2) is 24.3 Å². The topological polar surface area (TPSA) is 30.2 Å². The molecule has 3 rings (SSSR count). The quantitative estimate of drug-likeness (QED) is 0.608. The highest BCUT2D eigenvalue weighted by Crippen LogP contribution is 2.25. The molecule has 3 aromatic rings. The van der Waals surface area contributed by atoms with Crippen LogP contribution in [0.1, 0.15) is 25.4 Å². The number of fused-ring (bicyclic) bond motifs is 3. The number of aromatic nitrogens is 3. The van der Waals surface area contributed by atoms with Gasteiger partial charge in [0.2, 0.25) is 0 Å². The SMILES string of the molecule is CC.Cc1nc(C)n2c1c(Cl)nc1ccccc12. The number of aryl methyl sites for hydroxylation is 2. The molecule has 2 aromatic heterocycles. The van der Waals surface area contributed by atoms with E-state index in [2.05, 4.69) is 14.4 Å². The Morgan fingerprint density at radius 1 is 1.06 bits per heavy atom. The molecule has 18 heavy (non-hydrogen) atoms. The van der Waals surface area contributed by atoms with Crippen molar-refractivity contribution in [3.05, 3.63) is 40.9 Å². The zero-order valence-corrected chi connectivity index (χ0v) is 11.8. The lowest BCUT2D eigenvalue weighted by Gasteiger charge is -2.04. The van der Waals surface area contributed by atoms with Gasteiger partial charge in [-0.15, -0.1) is 0 Å². The van der Waals surface area contributed by atoms with Crippen LogP contribution in [0, 0.1) is 13.8 Å². The van der Waals surface area contributed by atoms with Crippen molar-refractivity contribution < 1.29 is 0 Å². The highest BCUT2D eigenvalue weighted by molar-refractivity contribution is 6.33. The number of imidazole rings is 1. The number of benzene rings is 1. The van der Waals surface area contributed by atoms with Gasteiger partial charge in [-0.2, -0.15) is 0 Å². The minimum Gasteiger partial charge on any atom is -0.292 e. The van der Waals surface area contributed by atoms with Crippen LogP contribution in [-0.2, 0) is 0 Å². The van der Waals surface area contributed by atoms with Crippen molar-refractivity contribution in [1.29, 1.82) is 0 Å². The Labute approximate surface area is 111 Å². The Morgan fingerprint density at radius 2 is 1.72 bits per heavy atom. The van der Waals surface area contributed by atoms with Gasteiger partial charge in [-0.1, -0.05) is 37.6 Å². The van der Waals surface area contributed by atoms with Crippen LogP contribution in [0.4, 0.5) is 0 Å². The molecule has 0 aliphatic heterocycles. The van der Waals surface area contributed by atoms with Crippen LogP contribution < -0.4 is 0 Å². The summed E-state index contributed by atoms with van der Waals surface area (Å²) in [7, 11) is 0. The molecule has 2 heterocycles. The van der Waals surface area contributed by atoms with Gasteiger partial charge in [-0.05, 0) is 26.0 Å². The Bertz CT molecular complexity index is 701. The fourth-order valence-corrected chi connectivity index (χ4v) is 2.42. The first-order valence-corrected chi connectivity index (χ1v) is 6.46. The summed E-state index contributed by atoms with van der Waals surface area (Å²) in [5, 5.41) is 0.511. The molecule has 0 bridgehead atoms. The first kappa shape index (κ1) is 12.8. The summed E-state index contributed by atoms with van der Waals surface area (Å²) in [4.78, 5) is 8.82. The molecule has 0 saturated carbocycles. The molecular formula is C14H16ClN3. The third-order valence-corrected chi connectivity index (χ3v) is 3.02. The van der Waals surface area contributed by atoms with E-state index in [9.17, 15) is 0 Å². The monoisotopic (exact) mass is 261 g/mol. The van der Waals surface area contributed by atoms with Gasteiger partial charge in [-0.25, -0.2) is 9.97 Å². The molecule has 0 aliphatic rings. The van der Waals surface area contributed by atoms with Gasteiger partial charge in [0.05, 0.1) is 16.7 Å². The summed E-state index contributed by atoms with van der Waals surface area (Å²) in [5.74, 6) is 0.938. The second-order valence-corrected chi connectivity index (χ2v) is 4.18. The molecule has 0 amide bonds. The first-order valence-electron chi connectivity index (χ1n) is 6.08. The Kier molecular flexibility index (Phi) is 3.53. The minimum atomic E-state index is 0.511. The summed E-state index contributed by atoms with van der Waals surface area (Å²) < 4.78 is 2.06. The van der Waals surface area contributed by atoms with Crippen LogP contribution in [0.3, 0.4) is 0 Å². The largest absolute Gasteiger partial charge is 0.292 e. The van der Waals surface area contributed by atoms with Gasteiger partial charge in [0.25, 0.3) is 0 Å². The van der Waals surface area contributed by atoms with Crippen molar-refractivity contribution in [3.63, 3.8) is 0 Å². The van der Waals surface area contributed by atoms with E-state index in [0.29, 0.717) is 5.15 Å². The Morgan fingerprint density at radius 3 is 2.44 bits per heavy atom. The van der Waals surface area contributed by atoms with Gasteiger partial charge >= 0.3 is 0 Å². The molecule has 94 valence electrons. The van der Waals surface area contributed by atoms with Crippen LogP contribution >= 0.6 is 11.6 Å². The van der Waals surface area contributed by atoms with E-state index >= 15 is 0 Å². The van der Waals surface area contributed by atoms with Crippen molar-refractivity contribution in [1.82, 2.24) is 14.4 Å². The Hall–Kier alpha value is -1.61. The summed E-state index contributed by atoms with van der Waals surface area (Å²) in [6.07, 6.45) is 0. The maximum Gasteiger partial charge on any atom is 0.155 e. The van der Waals surface area contributed by atoms with Crippen molar-refractivity contribution >= 4 is 28.2 Å². The number of hydrogen-bond donors (Lipinski definition) is 0. The van der Waals surface area contributed by atoms with Crippen molar-refractivity contribution in [2.24, 2.45) is 0 Å². The smallest absolute Gasteiger partial charge is 0.155 e. The molecule has 3 nitrogen and oxygen atoms in total. The van der Waals surface area contributed by atoms with E-state index < -0.39 is 0 Å². The number of hydrogen-bond acceptors (Lipinski definition) is 2. The molecule has 4 heteroatoms. The van der Waals surface area contributed by atoms with E-state index in [-0.39, 0.29) is 0 Å². The van der Waals surface area contributed by atoms with E-state index in [1.807, 2.05) is 52.0 Å². The van der Waals surface area contributed by atoms with Crippen molar-refractivity contribution in [2.75, 3.05) is 0 Å². The lowest BCUT2D eigenvalue weighted by molar-refractivity contribution is 1.06. The molecular weight excluding hydrogens is 246 g/mol. The third kappa shape index (κ3) is 1.85. The maximum atomic E-state index is 6.18. The van der Waals surface area contributed by atoms with Crippen LogP contribution in [0.2, 0.25) is 5.15 Å². The maximum absolute atomic E-state index is 6.18. The highest BCUT2D eigenvalue weighted by Gasteiger charge is 2.12. The fourth-order valence-electron chi connectivity index (χ4n) is 2.11. The normalized spacial score (nSPS) is 10.5. The van der Waals surface area contributed by atoms with Gasteiger partial charge in [0.1, 0.15) is 11.3 Å². The van der Waals surface area contributed by atoms with Crippen LogP contribution in [0.25, 0.3) is 16.6 Å². The van der Waals surface area contributed by atoms with E-state index in [0.717, 1.165) is 28.1 Å². The van der Waals surface area contributed by atoms with Gasteiger partial charge < -0.3 is 0 Å². The van der Waals surface area contributed by atoms with Gasteiger partial charge in [0, 0.05) is 0 Å². The molecule has 0 N–H and O–H groups in total. The molecule has 0 radical (unpaired) electrons. The van der Waals surface area contributed by atoms with Crippen LogP contribution in [-0.4, -0.2) is 14.4 Å². The van der Waals surface area contributed by atoms with E-state index in [1.54, 1.807) is 0 Å². The predicted octanol–water partition coefficient (Wildman–Crippen LogP) is 4.18. The molecule has 0 aliphatic carbocycles. The van der Waals surface area contributed by atoms with Crippen molar-refractivity contribution in [3.8, 4) is 0 Å². The van der Waals surface area contributed by atoms with E-state index in [1.165, 1.54) is 0 Å². The molecule has 0 saturated heterocycles. The summed E-state index contributed by atoms with van der Waals surface area (Å²) in [6, 6.07) is 7.93. The Balaban J connectivity index is 0.000000574. The average Bonchev–Trinajstić information content (AvgIpc) is 2.68. The van der Waals surface area contributed by atoms with Crippen molar-refractivity contribution in [2.45, 2.75) is 27.7 Å². The predicted molar refractivity (Wildman–Crippen MR) is 76.3 cm³/mol. The van der Waals surface area contributed by atoms with E-state index in [4.69, 9.17) is 11.6 Å². The zero-order valence-electron chi connectivity index (χ0n) is 11.0. The summed E-state index contributed by atoms with van der Waals surface area (Å²) >= 11 is 6.18. The number of para-hydroxylation sites is 2. The summed E-state index contributed by atoms with van der Waals surface area (Å²) in [5.41, 5.74) is 3.75. The van der Waals surface area contributed by atoms with Gasteiger partial charge in [-0.3, -0.25) is 4.40 Å². The fraction of sp³-hybridized carbons (Fsp3) is 0.286. The first-order chi connectivity index (χ1) is 8.68. The molecule has 0 fully saturated rings. The molecule has 1 aromatic carbocycles. The second kappa shape index (κ2) is 4.94. The third-order valence-electron chi connectivity index (χ3n) is 2.76. The zero-order chi connectivity index (χ0) is 13.3. The number of nitrogens with zero attached hydrogens (tertiary/aromatic N) is 3. The average molecular weight is 262 g/mol. The summed E-state index contributed by atoms with van der Waals surface area (Å²) in [6.45, 7) is 7.92. The second-order valence-electron chi connectivity index (χ2n) is 3.82. The molecule has 0 spiro atoms. The molecule has 0 atom stereocenters.